The number of carboxylic acids is 1. The van der Waals surface area contributed by atoms with Crippen LogP contribution in [0.2, 0.25) is 0 Å². The molecule has 0 spiro atoms. The Labute approximate surface area is 176 Å². The van der Waals surface area contributed by atoms with Crippen molar-refractivity contribution in [2.75, 3.05) is 13.1 Å². The average Bonchev–Trinajstić information content (AvgIpc) is 2.58. The fraction of sp³-hybridized carbons (Fsp3) is 0.737. The van der Waals surface area contributed by atoms with E-state index in [1.165, 1.54) is 0 Å². The summed E-state index contributed by atoms with van der Waals surface area (Å²) in [5, 5.41) is 18.1. The minimum Gasteiger partial charge on any atom is -0.480 e. The minimum absolute atomic E-state index is 0.282. The Balaban J connectivity index is 5.00. The SMILES string of the molecule is CC(C)C(NC(=O)OC(C)(C)C)C(=O)NC(C(=O)NCC(=O)NCC(=O)O)C(C)C. The quantitative estimate of drug-likeness (QED) is 0.325. The maximum absolute atomic E-state index is 12.7. The Morgan fingerprint density at radius 2 is 1.30 bits per heavy atom. The fourth-order valence-corrected chi connectivity index (χ4v) is 2.26. The van der Waals surface area contributed by atoms with Gasteiger partial charge in [-0.2, -0.15) is 0 Å². The van der Waals surface area contributed by atoms with Gasteiger partial charge in [-0.15, -0.1) is 0 Å². The van der Waals surface area contributed by atoms with E-state index in [2.05, 4.69) is 21.3 Å². The molecule has 0 aliphatic rings. The second-order valence-corrected chi connectivity index (χ2v) is 8.49. The van der Waals surface area contributed by atoms with Crippen LogP contribution >= 0.6 is 0 Å². The number of hydrogen-bond acceptors (Lipinski definition) is 6. The van der Waals surface area contributed by atoms with E-state index in [1.807, 2.05) is 0 Å². The smallest absolute Gasteiger partial charge is 0.408 e. The average molecular weight is 431 g/mol. The van der Waals surface area contributed by atoms with Gasteiger partial charge < -0.3 is 31.1 Å². The first-order valence-electron chi connectivity index (χ1n) is 9.70. The van der Waals surface area contributed by atoms with E-state index in [-0.39, 0.29) is 11.8 Å². The van der Waals surface area contributed by atoms with Crippen molar-refractivity contribution in [1.29, 1.82) is 0 Å². The second-order valence-electron chi connectivity index (χ2n) is 8.49. The van der Waals surface area contributed by atoms with Gasteiger partial charge in [0.15, 0.2) is 0 Å². The molecular weight excluding hydrogens is 396 g/mol. The molecule has 0 aliphatic carbocycles. The van der Waals surface area contributed by atoms with Crippen molar-refractivity contribution < 1.29 is 33.8 Å². The van der Waals surface area contributed by atoms with Crippen LogP contribution in [0.3, 0.4) is 0 Å². The van der Waals surface area contributed by atoms with Crippen molar-refractivity contribution in [3.8, 4) is 0 Å². The van der Waals surface area contributed by atoms with Crippen LogP contribution in [0, 0.1) is 11.8 Å². The van der Waals surface area contributed by atoms with E-state index < -0.39 is 60.6 Å². The van der Waals surface area contributed by atoms with Gasteiger partial charge in [0.05, 0.1) is 6.54 Å². The number of amides is 4. The first-order chi connectivity index (χ1) is 13.6. The summed E-state index contributed by atoms with van der Waals surface area (Å²) in [5.74, 6) is -3.66. The molecule has 0 aromatic heterocycles. The predicted molar refractivity (Wildman–Crippen MR) is 108 cm³/mol. The molecular formula is C19H34N4O7. The molecule has 2 atom stereocenters. The monoisotopic (exact) mass is 430 g/mol. The van der Waals surface area contributed by atoms with Crippen LogP contribution in [-0.4, -0.2) is 65.7 Å². The van der Waals surface area contributed by atoms with Crippen LogP contribution in [0.15, 0.2) is 0 Å². The molecule has 0 saturated heterocycles. The molecule has 5 N–H and O–H groups in total. The molecule has 0 heterocycles. The van der Waals surface area contributed by atoms with Crippen LogP contribution in [0.1, 0.15) is 48.5 Å². The Morgan fingerprint density at radius 1 is 0.800 bits per heavy atom. The fourth-order valence-electron chi connectivity index (χ4n) is 2.26. The van der Waals surface area contributed by atoms with E-state index in [0.717, 1.165) is 0 Å². The van der Waals surface area contributed by atoms with Gasteiger partial charge in [-0.25, -0.2) is 4.79 Å². The van der Waals surface area contributed by atoms with E-state index in [1.54, 1.807) is 48.5 Å². The Morgan fingerprint density at radius 3 is 1.73 bits per heavy atom. The van der Waals surface area contributed by atoms with Gasteiger partial charge in [-0.1, -0.05) is 27.7 Å². The molecule has 0 saturated carbocycles. The maximum atomic E-state index is 12.7. The highest BCUT2D eigenvalue weighted by atomic mass is 16.6. The number of carbonyl (C=O) groups excluding carboxylic acids is 4. The summed E-state index contributed by atoms with van der Waals surface area (Å²) in [6, 6.07) is -1.90. The molecule has 30 heavy (non-hydrogen) atoms. The molecule has 0 fully saturated rings. The zero-order chi connectivity index (χ0) is 23.6. The van der Waals surface area contributed by atoms with Gasteiger partial charge in [-0.3, -0.25) is 19.2 Å². The van der Waals surface area contributed by atoms with Crippen LogP contribution in [0.4, 0.5) is 4.79 Å². The molecule has 11 nitrogen and oxygen atoms in total. The number of hydrogen-bond donors (Lipinski definition) is 5. The lowest BCUT2D eigenvalue weighted by Gasteiger charge is -2.28. The molecule has 0 aliphatic heterocycles. The zero-order valence-corrected chi connectivity index (χ0v) is 18.6. The minimum atomic E-state index is -1.21. The Kier molecular flexibility index (Phi) is 10.8. The van der Waals surface area contributed by atoms with Crippen molar-refractivity contribution in [3.05, 3.63) is 0 Å². The highest BCUT2D eigenvalue weighted by molar-refractivity contribution is 5.93. The van der Waals surface area contributed by atoms with E-state index in [4.69, 9.17) is 9.84 Å². The topological polar surface area (TPSA) is 163 Å². The molecule has 4 amide bonds. The Bertz CT molecular complexity index is 641. The van der Waals surface area contributed by atoms with Crippen LogP contribution in [0.25, 0.3) is 0 Å². The van der Waals surface area contributed by atoms with Crippen molar-refractivity contribution in [3.63, 3.8) is 0 Å². The summed E-state index contributed by atoms with van der Waals surface area (Å²) in [6.07, 6.45) is -0.753. The molecule has 0 bridgehead atoms. The molecule has 0 rings (SSSR count). The van der Waals surface area contributed by atoms with Gasteiger partial charge in [0.2, 0.25) is 17.7 Å². The zero-order valence-electron chi connectivity index (χ0n) is 18.6. The van der Waals surface area contributed by atoms with Crippen molar-refractivity contribution in [2.24, 2.45) is 11.8 Å². The maximum Gasteiger partial charge on any atom is 0.408 e. The first kappa shape index (κ1) is 27.1. The molecule has 2 unspecified atom stereocenters. The summed E-state index contributed by atoms with van der Waals surface area (Å²) >= 11 is 0. The standard InChI is InChI=1S/C19H34N4O7/c1-10(2)14(16(27)21-8-12(24)20-9-13(25)26)22-17(28)15(11(3)4)23-18(29)30-19(5,6)7/h10-11,14-15H,8-9H2,1-7H3,(H,20,24)(H,21,27)(H,22,28)(H,23,29)(H,25,26). The third-order valence-electron chi connectivity index (χ3n) is 3.73. The van der Waals surface area contributed by atoms with E-state index in [0.29, 0.717) is 0 Å². The number of aliphatic carboxylic acids is 1. The summed E-state index contributed by atoms with van der Waals surface area (Å²) in [4.78, 5) is 59.2. The Hall–Kier alpha value is -2.85. The number of ether oxygens (including phenoxy) is 1. The molecule has 0 aromatic carbocycles. The lowest BCUT2D eigenvalue weighted by Crippen LogP contribution is -2.57. The van der Waals surface area contributed by atoms with Crippen LogP contribution in [0.5, 0.6) is 0 Å². The van der Waals surface area contributed by atoms with Gasteiger partial charge in [0.25, 0.3) is 0 Å². The normalized spacial score (nSPS) is 13.2. The molecule has 11 heteroatoms. The number of carboxylic acid groups (broad SMARTS) is 1. The van der Waals surface area contributed by atoms with Crippen molar-refractivity contribution in [2.45, 2.75) is 66.2 Å². The largest absolute Gasteiger partial charge is 0.480 e. The van der Waals surface area contributed by atoms with Crippen molar-refractivity contribution >= 4 is 29.8 Å². The highest BCUT2D eigenvalue weighted by Crippen LogP contribution is 2.10. The first-order valence-corrected chi connectivity index (χ1v) is 9.70. The summed E-state index contributed by atoms with van der Waals surface area (Å²) in [6.45, 7) is 11.0. The number of rotatable bonds is 10. The lowest BCUT2D eigenvalue weighted by molar-refractivity contribution is -0.138. The molecule has 172 valence electrons. The summed E-state index contributed by atoms with van der Waals surface area (Å²) in [5.41, 5.74) is -0.732. The molecule has 0 aromatic rings. The van der Waals surface area contributed by atoms with Crippen molar-refractivity contribution in [1.82, 2.24) is 21.3 Å². The van der Waals surface area contributed by atoms with E-state index in [9.17, 15) is 24.0 Å². The summed E-state index contributed by atoms with van der Waals surface area (Å²) < 4.78 is 5.18. The highest BCUT2D eigenvalue weighted by Gasteiger charge is 2.31. The third kappa shape index (κ3) is 11.2. The van der Waals surface area contributed by atoms with E-state index >= 15 is 0 Å². The number of carbonyl (C=O) groups is 5. The second kappa shape index (κ2) is 12.0. The van der Waals surface area contributed by atoms with Crippen LogP contribution in [-0.2, 0) is 23.9 Å². The number of alkyl carbamates (subject to hydrolysis) is 1. The van der Waals surface area contributed by atoms with Crippen LogP contribution < -0.4 is 21.3 Å². The summed E-state index contributed by atoms with van der Waals surface area (Å²) in [7, 11) is 0. The van der Waals surface area contributed by atoms with Gasteiger partial charge >= 0.3 is 12.1 Å². The predicted octanol–water partition coefficient (Wildman–Crippen LogP) is -0.00650. The third-order valence-corrected chi connectivity index (χ3v) is 3.73. The van der Waals surface area contributed by atoms with Gasteiger partial charge in [-0.05, 0) is 32.6 Å². The van der Waals surface area contributed by atoms with Gasteiger partial charge in [0.1, 0.15) is 24.2 Å². The number of nitrogens with one attached hydrogen (secondary N) is 4. The molecule has 0 radical (unpaired) electrons. The van der Waals surface area contributed by atoms with Gasteiger partial charge in [0, 0.05) is 0 Å². The lowest BCUT2D eigenvalue weighted by atomic mass is 10.00.